The number of carbonyl (C=O) groups is 2. The van der Waals surface area contributed by atoms with Gasteiger partial charge in [0.1, 0.15) is 6.33 Å². The molecule has 162 valence electrons. The number of pyridine rings is 1. The van der Waals surface area contributed by atoms with Crippen LogP contribution in [0, 0.1) is 5.41 Å². The molecular weight excluding hydrogens is 398 g/mol. The number of tetrazole rings is 1. The molecule has 2 aromatic heterocycles. The van der Waals surface area contributed by atoms with E-state index in [1.165, 1.54) is 11.0 Å². The van der Waals surface area contributed by atoms with E-state index in [1.54, 1.807) is 18.3 Å². The molecule has 0 bridgehead atoms. The van der Waals surface area contributed by atoms with Crippen molar-refractivity contribution in [3.8, 4) is 5.82 Å². The average molecular weight is 423 g/mol. The molecule has 31 heavy (non-hydrogen) atoms. The van der Waals surface area contributed by atoms with Crippen LogP contribution in [-0.4, -0.2) is 78.0 Å². The maximum atomic E-state index is 13.1. The van der Waals surface area contributed by atoms with Crippen molar-refractivity contribution >= 4 is 11.7 Å². The van der Waals surface area contributed by atoms with Crippen molar-refractivity contribution in [3.63, 3.8) is 0 Å². The lowest BCUT2D eigenvalue weighted by molar-refractivity contribution is -0.137. The van der Waals surface area contributed by atoms with Gasteiger partial charge in [0.2, 0.25) is 5.91 Å². The SMILES string of the molecule is O=C1C=C(N2CCC3(CCN(C[C@H](O)c4ccc(-n5cnnn5)nc4)CC3)C2=O)CC1. The lowest BCUT2D eigenvalue weighted by atomic mass is 9.77. The van der Waals surface area contributed by atoms with Gasteiger partial charge in [0.15, 0.2) is 11.6 Å². The van der Waals surface area contributed by atoms with E-state index in [4.69, 9.17) is 0 Å². The molecule has 1 aliphatic carbocycles. The van der Waals surface area contributed by atoms with Crippen molar-refractivity contribution in [1.29, 1.82) is 0 Å². The molecule has 2 aliphatic heterocycles. The van der Waals surface area contributed by atoms with Gasteiger partial charge in [-0.15, -0.1) is 5.10 Å². The van der Waals surface area contributed by atoms with E-state index in [1.807, 2.05) is 11.0 Å². The number of nitrogens with zero attached hydrogens (tertiary/aromatic N) is 7. The van der Waals surface area contributed by atoms with E-state index in [0.29, 0.717) is 31.7 Å². The Morgan fingerprint density at radius 1 is 1.10 bits per heavy atom. The van der Waals surface area contributed by atoms with Crippen molar-refractivity contribution in [1.82, 2.24) is 35.0 Å². The van der Waals surface area contributed by atoms with Crippen LogP contribution >= 0.6 is 0 Å². The van der Waals surface area contributed by atoms with Gasteiger partial charge >= 0.3 is 0 Å². The predicted octanol–water partition coefficient (Wildman–Crippen LogP) is 0.652. The number of allylic oxidation sites excluding steroid dienone is 2. The van der Waals surface area contributed by atoms with Crippen LogP contribution in [0.4, 0.5) is 0 Å². The summed E-state index contributed by atoms with van der Waals surface area (Å²) in [5, 5.41) is 21.7. The Labute approximate surface area is 179 Å². The monoisotopic (exact) mass is 423 g/mol. The van der Waals surface area contributed by atoms with E-state index in [0.717, 1.165) is 43.6 Å². The maximum absolute atomic E-state index is 13.1. The summed E-state index contributed by atoms with van der Waals surface area (Å²) in [6.45, 7) is 2.74. The highest BCUT2D eigenvalue weighted by molar-refractivity contribution is 5.95. The average Bonchev–Trinajstić information content (AvgIpc) is 3.53. The Morgan fingerprint density at radius 2 is 1.90 bits per heavy atom. The normalized spacial score (nSPS) is 22.4. The highest BCUT2D eigenvalue weighted by atomic mass is 16.3. The summed E-state index contributed by atoms with van der Waals surface area (Å²) in [6.07, 6.45) is 7.70. The smallest absolute Gasteiger partial charge is 0.233 e. The van der Waals surface area contributed by atoms with E-state index in [2.05, 4.69) is 25.4 Å². The van der Waals surface area contributed by atoms with Crippen molar-refractivity contribution in [2.24, 2.45) is 5.41 Å². The van der Waals surface area contributed by atoms with Gasteiger partial charge in [-0.25, -0.2) is 4.98 Å². The van der Waals surface area contributed by atoms with Gasteiger partial charge in [0.05, 0.1) is 11.5 Å². The lowest BCUT2D eigenvalue weighted by Crippen LogP contribution is -2.45. The Kier molecular flexibility index (Phi) is 5.11. The molecular formula is C21H25N7O3. The Bertz CT molecular complexity index is 994. The molecule has 0 saturated carbocycles. The molecule has 1 atom stereocenters. The zero-order valence-corrected chi connectivity index (χ0v) is 17.2. The van der Waals surface area contributed by atoms with Crippen LogP contribution in [0.15, 0.2) is 36.4 Å². The van der Waals surface area contributed by atoms with Crippen LogP contribution in [0.1, 0.15) is 43.8 Å². The van der Waals surface area contributed by atoms with Crippen molar-refractivity contribution in [3.05, 3.63) is 42.0 Å². The summed E-state index contributed by atoms with van der Waals surface area (Å²) in [5.74, 6) is 0.883. The molecule has 1 N–H and O–H groups in total. The number of piperidine rings is 1. The van der Waals surface area contributed by atoms with Crippen LogP contribution in [-0.2, 0) is 9.59 Å². The van der Waals surface area contributed by atoms with Gasteiger partial charge in [0, 0.05) is 43.0 Å². The summed E-state index contributed by atoms with van der Waals surface area (Å²) in [4.78, 5) is 33.1. The topological polar surface area (TPSA) is 117 Å². The van der Waals surface area contributed by atoms with Gasteiger partial charge in [-0.3, -0.25) is 9.59 Å². The Morgan fingerprint density at radius 3 is 2.55 bits per heavy atom. The first-order chi connectivity index (χ1) is 15.0. The fraction of sp³-hybridized carbons (Fsp3) is 0.524. The van der Waals surface area contributed by atoms with Crippen LogP contribution in [0.25, 0.3) is 5.82 Å². The largest absolute Gasteiger partial charge is 0.387 e. The van der Waals surface area contributed by atoms with E-state index >= 15 is 0 Å². The predicted molar refractivity (Wildman–Crippen MR) is 109 cm³/mol. The molecule has 1 spiro atoms. The highest BCUT2D eigenvalue weighted by Crippen LogP contribution is 2.44. The third kappa shape index (κ3) is 3.77. The van der Waals surface area contributed by atoms with Crippen molar-refractivity contribution in [2.75, 3.05) is 26.2 Å². The van der Waals surface area contributed by atoms with Crippen molar-refractivity contribution in [2.45, 2.75) is 38.2 Å². The number of likely N-dealkylation sites (tertiary alicyclic amines) is 2. The third-order valence-corrected chi connectivity index (χ3v) is 6.80. The molecule has 4 heterocycles. The minimum absolute atomic E-state index is 0.119. The Balaban J connectivity index is 1.17. The molecule has 2 aromatic rings. The van der Waals surface area contributed by atoms with Crippen LogP contribution in [0.3, 0.4) is 0 Å². The first-order valence-corrected chi connectivity index (χ1v) is 10.7. The zero-order chi connectivity index (χ0) is 21.4. The number of hydrogen-bond acceptors (Lipinski definition) is 8. The second kappa shape index (κ2) is 7.93. The number of β-amino-alcohol motifs (C(OH)–C–C–N with tert-alkyl or cyclic N) is 1. The van der Waals surface area contributed by atoms with Crippen LogP contribution < -0.4 is 0 Å². The van der Waals surface area contributed by atoms with Gasteiger partial charge < -0.3 is 14.9 Å². The fourth-order valence-corrected chi connectivity index (χ4v) is 4.86. The summed E-state index contributed by atoms with van der Waals surface area (Å²) in [7, 11) is 0. The molecule has 3 aliphatic rings. The number of aliphatic hydroxyl groups excluding tert-OH is 1. The number of ketones is 1. The quantitative estimate of drug-likeness (QED) is 0.745. The van der Waals surface area contributed by atoms with Crippen molar-refractivity contribution < 1.29 is 14.7 Å². The summed E-state index contributed by atoms with van der Waals surface area (Å²) in [6, 6.07) is 3.60. The molecule has 10 heteroatoms. The highest BCUT2D eigenvalue weighted by Gasteiger charge is 2.49. The van der Waals surface area contributed by atoms with E-state index in [-0.39, 0.29) is 17.1 Å². The third-order valence-electron chi connectivity index (χ3n) is 6.80. The van der Waals surface area contributed by atoms with E-state index in [9.17, 15) is 14.7 Å². The summed E-state index contributed by atoms with van der Waals surface area (Å²) < 4.78 is 1.46. The number of amides is 1. The molecule has 5 rings (SSSR count). The van der Waals surface area contributed by atoms with Gasteiger partial charge in [-0.05, 0) is 55.3 Å². The standard InChI is InChI=1S/C21H25N7O3/c29-17-3-2-16(11-17)27-10-7-21(20(27)31)5-8-26(9-6-21)13-18(30)15-1-4-19(22-12-15)28-14-23-24-25-28/h1,4,11-12,14,18,30H,2-3,5-10,13H2/t18-/m0/s1. The fourth-order valence-electron chi connectivity index (χ4n) is 4.86. The maximum Gasteiger partial charge on any atom is 0.233 e. The first kappa shape index (κ1) is 20.0. The summed E-state index contributed by atoms with van der Waals surface area (Å²) >= 11 is 0. The number of aliphatic hydroxyl groups is 1. The summed E-state index contributed by atoms with van der Waals surface area (Å²) in [5.41, 5.74) is 1.31. The molecule has 2 fully saturated rings. The van der Waals surface area contributed by atoms with Gasteiger partial charge in [-0.1, -0.05) is 6.07 Å². The molecule has 2 saturated heterocycles. The number of carbonyl (C=O) groups excluding carboxylic acids is 2. The van der Waals surface area contributed by atoms with Crippen LogP contribution in [0.2, 0.25) is 0 Å². The molecule has 0 radical (unpaired) electrons. The van der Waals surface area contributed by atoms with E-state index < -0.39 is 6.10 Å². The minimum atomic E-state index is -0.657. The van der Waals surface area contributed by atoms with Gasteiger partial charge in [-0.2, -0.15) is 4.68 Å². The molecule has 10 nitrogen and oxygen atoms in total. The molecule has 0 unspecified atom stereocenters. The number of hydrogen-bond donors (Lipinski definition) is 1. The second-order valence-corrected chi connectivity index (χ2v) is 8.61. The Hall–Kier alpha value is -2.98. The number of aromatic nitrogens is 5. The first-order valence-electron chi connectivity index (χ1n) is 10.7. The molecule has 1 amide bonds. The zero-order valence-electron chi connectivity index (χ0n) is 17.2. The van der Waals surface area contributed by atoms with Crippen LogP contribution in [0.5, 0.6) is 0 Å². The molecule has 0 aromatic carbocycles. The minimum Gasteiger partial charge on any atom is -0.387 e. The van der Waals surface area contributed by atoms with Gasteiger partial charge in [0.25, 0.3) is 0 Å². The lowest BCUT2D eigenvalue weighted by Gasteiger charge is -2.38. The number of rotatable bonds is 5. The second-order valence-electron chi connectivity index (χ2n) is 8.61.